The smallest absolute Gasteiger partial charge is 0.272 e. The summed E-state index contributed by atoms with van der Waals surface area (Å²) >= 11 is 1.43. The number of nitrogens with zero attached hydrogens (tertiary/aromatic N) is 3. The first-order chi connectivity index (χ1) is 15.4. The van der Waals surface area contributed by atoms with Gasteiger partial charge in [-0.2, -0.15) is 0 Å². The molecular formula is C24H24N4O3S. The standard InChI is InChI=1S/C24H24N4O3S/c1-5-28-20-12-9-17(13-19(20)25-14(3)23(28)30)22(29)27-24-26-21(15(4)32-24)16-7-10-18(11-8-16)31-6-2/h7-13H,5-6H2,1-4H3,(H,26,27,29). The molecule has 0 aliphatic heterocycles. The number of amides is 1. The van der Waals surface area contributed by atoms with Crippen LogP contribution in [0.5, 0.6) is 5.75 Å². The third kappa shape index (κ3) is 4.13. The van der Waals surface area contributed by atoms with E-state index in [1.807, 2.05) is 45.0 Å². The lowest BCUT2D eigenvalue weighted by molar-refractivity contribution is 0.102. The molecule has 0 saturated heterocycles. The van der Waals surface area contributed by atoms with Gasteiger partial charge in [0.25, 0.3) is 11.5 Å². The summed E-state index contributed by atoms with van der Waals surface area (Å²) in [6.45, 7) is 8.67. The van der Waals surface area contributed by atoms with Crippen LogP contribution in [0.2, 0.25) is 0 Å². The molecule has 0 fully saturated rings. The maximum atomic E-state index is 12.9. The highest BCUT2D eigenvalue weighted by Crippen LogP contribution is 2.31. The van der Waals surface area contributed by atoms with E-state index in [1.165, 1.54) is 11.3 Å². The Morgan fingerprint density at radius 3 is 2.53 bits per heavy atom. The van der Waals surface area contributed by atoms with Crippen molar-refractivity contribution in [1.29, 1.82) is 0 Å². The van der Waals surface area contributed by atoms with Crippen molar-refractivity contribution < 1.29 is 9.53 Å². The Bertz CT molecular complexity index is 1360. The van der Waals surface area contributed by atoms with Crippen LogP contribution in [0.4, 0.5) is 5.13 Å². The van der Waals surface area contributed by atoms with E-state index in [1.54, 1.807) is 29.7 Å². The Morgan fingerprint density at radius 2 is 1.84 bits per heavy atom. The van der Waals surface area contributed by atoms with Gasteiger partial charge in [-0.05, 0) is 70.2 Å². The third-order valence-corrected chi connectivity index (χ3v) is 6.03. The molecule has 2 heterocycles. The van der Waals surface area contributed by atoms with Crippen LogP contribution >= 0.6 is 11.3 Å². The van der Waals surface area contributed by atoms with E-state index in [0.29, 0.717) is 40.6 Å². The fraction of sp³-hybridized carbons (Fsp3) is 0.250. The number of hydrogen-bond acceptors (Lipinski definition) is 6. The van der Waals surface area contributed by atoms with Gasteiger partial charge in [-0.1, -0.05) is 0 Å². The molecule has 4 aromatic rings. The first-order valence-corrected chi connectivity index (χ1v) is 11.3. The summed E-state index contributed by atoms with van der Waals surface area (Å²) in [4.78, 5) is 35.2. The highest BCUT2D eigenvalue weighted by atomic mass is 32.1. The van der Waals surface area contributed by atoms with Crippen molar-refractivity contribution >= 4 is 33.4 Å². The van der Waals surface area contributed by atoms with E-state index in [-0.39, 0.29) is 11.5 Å². The summed E-state index contributed by atoms with van der Waals surface area (Å²) in [7, 11) is 0. The van der Waals surface area contributed by atoms with Gasteiger partial charge < -0.3 is 9.30 Å². The first-order valence-electron chi connectivity index (χ1n) is 10.4. The molecule has 0 spiro atoms. The fourth-order valence-electron chi connectivity index (χ4n) is 3.59. The lowest BCUT2D eigenvalue weighted by Crippen LogP contribution is -2.23. The normalized spacial score (nSPS) is 11.0. The van der Waals surface area contributed by atoms with Crippen molar-refractivity contribution in [3.63, 3.8) is 0 Å². The van der Waals surface area contributed by atoms with Crippen LogP contribution in [-0.4, -0.2) is 27.0 Å². The second kappa shape index (κ2) is 8.92. The molecular weight excluding hydrogens is 424 g/mol. The van der Waals surface area contributed by atoms with Gasteiger partial charge >= 0.3 is 0 Å². The van der Waals surface area contributed by atoms with Crippen LogP contribution in [-0.2, 0) is 6.54 Å². The number of rotatable bonds is 6. The Kier molecular flexibility index (Phi) is 6.05. The monoisotopic (exact) mass is 448 g/mol. The zero-order chi connectivity index (χ0) is 22.8. The molecule has 2 aromatic carbocycles. The highest BCUT2D eigenvalue weighted by molar-refractivity contribution is 7.16. The summed E-state index contributed by atoms with van der Waals surface area (Å²) in [5.74, 6) is 0.541. The van der Waals surface area contributed by atoms with Crippen LogP contribution in [0.3, 0.4) is 0 Å². The summed E-state index contributed by atoms with van der Waals surface area (Å²) < 4.78 is 7.15. The zero-order valence-electron chi connectivity index (χ0n) is 18.4. The molecule has 1 N–H and O–H groups in total. The van der Waals surface area contributed by atoms with Crippen LogP contribution in [0, 0.1) is 13.8 Å². The Balaban J connectivity index is 1.59. The van der Waals surface area contributed by atoms with Gasteiger partial charge in [-0.15, -0.1) is 11.3 Å². The number of benzene rings is 2. The van der Waals surface area contributed by atoms with Gasteiger partial charge in [-0.3, -0.25) is 14.9 Å². The molecule has 164 valence electrons. The van der Waals surface area contributed by atoms with Gasteiger partial charge in [0.2, 0.25) is 0 Å². The Hall–Kier alpha value is -3.52. The minimum Gasteiger partial charge on any atom is -0.494 e. The second-order valence-electron chi connectivity index (χ2n) is 7.29. The molecule has 32 heavy (non-hydrogen) atoms. The van der Waals surface area contributed by atoms with Crippen molar-refractivity contribution in [3.8, 4) is 17.0 Å². The minimum absolute atomic E-state index is 0.114. The highest BCUT2D eigenvalue weighted by Gasteiger charge is 2.15. The third-order valence-electron chi connectivity index (χ3n) is 5.14. The van der Waals surface area contributed by atoms with E-state index in [0.717, 1.165) is 21.9 Å². The SMILES string of the molecule is CCOc1ccc(-c2nc(NC(=O)c3ccc4c(c3)nc(C)c(=O)n4CC)sc2C)cc1. The summed E-state index contributed by atoms with van der Waals surface area (Å²) in [6.07, 6.45) is 0. The van der Waals surface area contributed by atoms with Crippen molar-refractivity contribution in [2.75, 3.05) is 11.9 Å². The maximum Gasteiger partial charge on any atom is 0.272 e. The number of fused-ring (bicyclic) bond motifs is 1. The lowest BCUT2D eigenvalue weighted by atomic mass is 10.1. The molecule has 1 amide bonds. The van der Waals surface area contributed by atoms with Crippen molar-refractivity contribution in [2.24, 2.45) is 0 Å². The Labute approximate surface area is 189 Å². The lowest BCUT2D eigenvalue weighted by Gasteiger charge is -2.10. The minimum atomic E-state index is -0.271. The number of anilines is 1. The van der Waals surface area contributed by atoms with Gasteiger partial charge in [0.15, 0.2) is 5.13 Å². The molecule has 8 heteroatoms. The summed E-state index contributed by atoms with van der Waals surface area (Å²) in [6, 6.07) is 12.9. The summed E-state index contributed by atoms with van der Waals surface area (Å²) in [5, 5.41) is 3.41. The molecule has 0 saturated carbocycles. The molecule has 4 rings (SSSR count). The number of aromatic nitrogens is 3. The van der Waals surface area contributed by atoms with E-state index in [2.05, 4.69) is 15.3 Å². The van der Waals surface area contributed by atoms with E-state index in [9.17, 15) is 9.59 Å². The maximum absolute atomic E-state index is 12.9. The van der Waals surface area contributed by atoms with E-state index in [4.69, 9.17) is 4.74 Å². The van der Waals surface area contributed by atoms with Gasteiger partial charge in [0, 0.05) is 22.5 Å². The zero-order valence-corrected chi connectivity index (χ0v) is 19.2. The number of aryl methyl sites for hydroxylation is 3. The van der Waals surface area contributed by atoms with Crippen LogP contribution in [0.25, 0.3) is 22.3 Å². The molecule has 0 aliphatic rings. The molecule has 0 radical (unpaired) electrons. The number of carbonyl (C=O) groups excluding carboxylic acids is 1. The van der Waals surface area contributed by atoms with Crippen LogP contribution in [0.15, 0.2) is 47.3 Å². The number of thiazole rings is 1. The van der Waals surface area contributed by atoms with E-state index >= 15 is 0 Å². The fourth-order valence-corrected chi connectivity index (χ4v) is 4.42. The number of ether oxygens (including phenoxy) is 1. The number of nitrogens with one attached hydrogen (secondary N) is 1. The first kappa shape index (κ1) is 21.7. The molecule has 0 aliphatic carbocycles. The quantitative estimate of drug-likeness (QED) is 0.458. The van der Waals surface area contributed by atoms with Crippen LogP contribution in [0.1, 0.15) is 34.8 Å². The van der Waals surface area contributed by atoms with E-state index < -0.39 is 0 Å². The predicted octanol–water partition coefficient (Wildman–Crippen LogP) is 4.81. The second-order valence-corrected chi connectivity index (χ2v) is 8.49. The van der Waals surface area contributed by atoms with Crippen molar-refractivity contribution in [3.05, 3.63) is 69.0 Å². The number of carbonyl (C=O) groups is 1. The molecule has 0 bridgehead atoms. The van der Waals surface area contributed by atoms with Gasteiger partial charge in [0.05, 0.1) is 23.3 Å². The average Bonchev–Trinajstić information content (AvgIpc) is 3.15. The largest absolute Gasteiger partial charge is 0.494 e. The molecule has 7 nitrogen and oxygen atoms in total. The van der Waals surface area contributed by atoms with Crippen LogP contribution < -0.4 is 15.6 Å². The number of hydrogen-bond donors (Lipinski definition) is 1. The van der Waals surface area contributed by atoms with Gasteiger partial charge in [-0.25, -0.2) is 9.97 Å². The van der Waals surface area contributed by atoms with Gasteiger partial charge in [0.1, 0.15) is 11.4 Å². The average molecular weight is 449 g/mol. The topological polar surface area (TPSA) is 86.1 Å². The van der Waals surface area contributed by atoms with Crippen molar-refractivity contribution in [2.45, 2.75) is 34.2 Å². The molecule has 0 atom stereocenters. The molecule has 0 unspecified atom stereocenters. The predicted molar refractivity (Wildman–Crippen MR) is 128 cm³/mol. The molecule has 2 aromatic heterocycles. The van der Waals surface area contributed by atoms with Crippen molar-refractivity contribution in [1.82, 2.24) is 14.5 Å². The summed E-state index contributed by atoms with van der Waals surface area (Å²) in [5.41, 5.74) is 3.87. The Morgan fingerprint density at radius 1 is 1.09 bits per heavy atom.